The molecule has 0 aliphatic heterocycles. The van der Waals surface area contributed by atoms with E-state index in [1.165, 1.54) is 17.5 Å². The van der Waals surface area contributed by atoms with E-state index in [2.05, 4.69) is 45.9 Å². The molecule has 0 spiro atoms. The molecule has 1 aliphatic carbocycles. The van der Waals surface area contributed by atoms with Gasteiger partial charge in [0.15, 0.2) is 0 Å². The molecule has 0 saturated carbocycles. The van der Waals surface area contributed by atoms with Crippen molar-refractivity contribution in [3.8, 4) is 0 Å². The minimum atomic E-state index is -1.01. The number of hydrogen-bond acceptors (Lipinski definition) is 2. The van der Waals surface area contributed by atoms with Crippen LogP contribution in [0.5, 0.6) is 0 Å². The zero-order chi connectivity index (χ0) is 19.8. The summed E-state index contributed by atoms with van der Waals surface area (Å²) in [6.45, 7) is 9.23. The second-order valence-electron chi connectivity index (χ2n) is 8.72. The molecule has 3 heteroatoms. The van der Waals surface area contributed by atoms with Gasteiger partial charge in [0.25, 0.3) is 0 Å². The van der Waals surface area contributed by atoms with Crippen molar-refractivity contribution in [1.29, 1.82) is 0 Å². The Hall–Kier alpha value is -2.00. The molecule has 27 heavy (non-hydrogen) atoms. The lowest BCUT2D eigenvalue weighted by molar-refractivity contribution is -0.104. The zero-order valence-corrected chi connectivity index (χ0v) is 17.7. The molecule has 1 aliphatic rings. The fraction of sp³-hybridized carbons (Fsp3) is 0.375. The fourth-order valence-electron chi connectivity index (χ4n) is 4.01. The van der Waals surface area contributed by atoms with E-state index in [4.69, 9.17) is 0 Å². The Balaban J connectivity index is 2.11. The third-order valence-electron chi connectivity index (χ3n) is 5.90. The quantitative estimate of drug-likeness (QED) is 0.525. The lowest BCUT2D eigenvalue weighted by Crippen LogP contribution is -2.33. The van der Waals surface area contributed by atoms with Crippen LogP contribution in [-0.2, 0) is 26.4 Å². The molecule has 0 N–H and O–H groups in total. The molecular weight excluding hydrogens is 352 g/mol. The van der Waals surface area contributed by atoms with Gasteiger partial charge in [-0.3, -0.25) is 9.00 Å². The predicted octanol–water partition coefficient (Wildman–Crippen LogP) is 5.40. The van der Waals surface area contributed by atoms with Crippen molar-refractivity contribution in [2.75, 3.05) is 6.26 Å². The topological polar surface area (TPSA) is 34.1 Å². The highest BCUT2D eigenvalue weighted by molar-refractivity contribution is 7.84. The van der Waals surface area contributed by atoms with Crippen LogP contribution in [0.25, 0.3) is 5.57 Å². The van der Waals surface area contributed by atoms with E-state index in [0.29, 0.717) is 0 Å². The van der Waals surface area contributed by atoms with Crippen LogP contribution in [0.1, 0.15) is 62.8 Å². The van der Waals surface area contributed by atoms with E-state index in [1.54, 1.807) is 12.3 Å². The Morgan fingerprint density at radius 3 is 2.00 bits per heavy atom. The zero-order valence-electron chi connectivity index (χ0n) is 16.8. The number of allylic oxidation sites excluding steroid dienone is 1. The van der Waals surface area contributed by atoms with Crippen molar-refractivity contribution in [1.82, 2.24) is 0 Å². The van der Waals surface area contributed by atoms with Crippen LogP contribution >= 0.6 is 0 Å². The predicted molar refractivity (Wildman–Crippen MR) is 114 cm³/mol. The first-order valence-electron chi connectivity index (χ1n) is 9.40. The van der Waals surface area contributed by atoms with Crippen molar-refractivity contribution in [3.05, 3.63) is 70.8 Å². The minimum absolute atomic E-state index is 0.121. The summed E-state index contributed by atoms with van der Waals surface area (Å²) in [4.78, 5) is 12.1. The van der Waals surface area contributed by atoms with E-state index in [9.17, 15) is 9.00 Å². The van der Waals surface area contributed by atoms with Crippen molar-refractivity contribution < 1.29 is 9.00 Å². The Kier molecular flexibility index (Phi) is 5.27. The molecular formula is C24H28O2S. The molecule has 0 amide bonds. The van der Waals surface area contributed by atoms with Crippen LogP contribution in [0, 0.1) is 0 Å². The average Bonchev–Trinajstić information content (AvgIpc) is 2.63. The van der Waals surface area contributed by atoms with Crippen molar-refractivity contribution in [3.63, 3.8) is 0 Å². The molecule has 2 aromatic carbocycles. The summed E-state index contributed by atoms with van der Waals surface area (Å²) in [6.07, 6.45) is 6.47. The maximum atomic E-state index is 11.7. The molecule has 142 valence electrons. The first-order chi connectivity index (χ1) is 12.7. The van der Waals surface area contributed by atoms with Gasteiger partial charge in [-0.25, -0.2) is 0 Å². The number of benzene rings is 2. The molecule has 0 bridgehead atoms. The van der Waals surface area contributed by atoms with Crippen LogP contribution < -0.4 is 0 Å². The molecule has 1 atom stereocenters. The van der Waals surface area contributed by atoms with Gasteiger partial charge in [-0.1, -0.05) is 58.0 Å². The van der Waals surface area contributed by atoms with Crippen LogP contribution in [0.3, 0.4) is 0 Å². The lowest BCUT2D eigenvalue weighted by atomic mass is 9.63. The van der Waals surface area contributed by atoms with Crippen LogP contribution in [0.15, 0.2) is 53.4 Å². The summed E-state index contributed by atoms with van der Waals surface area (Å²) in [5, 5.41) is 0. The Morgan fingerprint density at radius 2 is 1.44 bits per heavy atom. The summed E-state index contributed by atoms with van der Waals surface area (Å²) in [5.41, 5.74) is 5.99. The van der Waals surface area contributed by atoms with Gasteiger partial charge >= 0.3 is 0 Å². The third-order valence-corrected chi connectivity index (χ3v) is 6.83. The number of hydrogen-bond donors (Lipinski definition) is 0. The van der Waals surface area contributed by atoms with Crippen molar-refractivity contribution >= 4 is 22.7 Å². The molecule has 2 nitrogen and oxygen atoms in total. The highest BCUT2D eigenvalue weighted by atomic mass is 32.2. The number of carbonyl (C=O) groups excluding carboxylic acids is 1. The minimum Gasteiger partial charge on any atom is -0.299 e. The Bertz CT molecular complexity index is 918. The molecule has 2 aromatic rings. The highest BCUT2D eigenvalue weighted by Crippen LogP contribution is 2.46. The molecule has 0 radical (unpaired) electrons. The molecule has 0 saturated heterocycles. The smallest absolute Gasteiger partial charge is 0.143 e. The van der Waals surface area contributed by atoms with Crippen LogP contribution in [0.2, 0.25) is 0 Å². The molecule has 1 unspecified atom stereocenters. The molecule has 0 heterocycles. The first-order valence-corrected chi connectivity index (χ1v) is 11.0. The fourth-order valence-corrected chi connectivity index (χ4v) is 4.53. The second-order valence-corrected chi connectivity index (χ2v) is 10.1. The monoisotopic (exact) mass is 380 g/mol. The first kappa shape index (κ1) is 19.8. The lowest BCUT2D eigenvalue weighted by Gasteiger charge is -2.42. The number of carbonyl (C=O) groups is 1. The van der Waals surface area contributed by atoms with E-state index in [-0.39, 0.29) is 10.8 Å². The van der Waals surface area contributed by atoms with E-state index in [0.717, 1.165) is 34.3 Å². The van der Waals surface area contributed by atoms with Gasteiger partial charge in [0, 0.05) is 22.0 Å². The van der Waals surface area contributed by atoms with Gasteiger partial charge in [0.1, 0.15) is 6.29 Å². The molecule has 0 aromatic heterocycles. The van der Waals surface area contributed by atoms with Gasteiger partial charge in [-0.15, -0.1) is 0 Å². The summed E-state index contributed by atoms with van der Waals surface area (Å²) < 4.78 is 11.7. The van der Waals surface area contributed by atoms with E-state index in [1.807, 2.05) is 24.3 Å². The summed E-state index contributed by atoms with van der Waals surface area (Å²) >= 11 is 0. The number of fused-ring (bicyclic) bond motifs is 1. The largest absolute Gasteiger partial charge is 0.299 e. The SMILES string of the molecule is CS(=O)c1ccc(C(=CC=O)c2ccc3c(c2)C(C)(C)CCC3(C)C)cc1. The average molecular weight is 381 g/mol. The maximum Gasteiger partial charge on any atom is 0.143 e. The Labute approximate surface area is 165 Å². The summed E-state index contributed by atoms with van der Waals surface area (Å²) in [5.74, 6) is 0. The van der Waals surface area contributed by atoms with Crippen molar-refractivity contribution in [2.45, 2.75) is 56.3 Å². The van der Waals surface area contributed by atoms with Crippen LogP contribution in [-0.4, -0.2) is 16.8 Å². The van der Waals surface area contributed by atoms with Crippen molar-refractivity contribution in [2.24, 2.45) is 0 Å². The number of rotatable bonds is 4. The third kappa shape index (κ3) is 3.84. The van der Waals surface area contributed by atoms with Gasteiger partial charge < -0.3 is 0 Å². The standard InChI is InChI=1S/C24H28O2S/c1-23(2)13-14-24(3,4)22-16-18(8-11-21(22)23)20(12-15-25)17-6-9-19(10-7-17)27(5)26/h6-12,15-16H,13-14H2,1-5H3. The Morgan fingerprint density at radius 1 is 0.889 bits per heavy atom. The van der Waals surface area contributed by atoms with Crippen LogP contribution in [0.4, 0.5) is 0 Å². The summed E-state index contributed by atoms with van der Waals surface area (Å²) in [6, 6.07) is 14.3. The van der Waals surface area contributed by atoms with Gasteiger partial charge in [-0.05, 0) is 69.7 Å². The number of aldehydes is 1. The van der Waals surface area contributed by atoms with Gasteiger partial charge in [0.2, 0.25) is 0 Å². The summed E-state index contributed by atoms with van der Waals surface area (Å²) in [7, 11) is -1.01. The highest BCUT2D eigenvalue weighted by Gasteiger charge is 2.37. The van der Waals surface area contributed by atoms with Gasteiger partial charge in [0.05, 0.1) is 0 Å². The maximum absolute atomic E-state index is 11.7. The second kappa shape index (κ2) is 7.20. The van der Waals surface area contributed by atoms with Gasteiger partial charge in [-0.2, -0.15) is 0 Å². The van der Waals surface area contributed by atoms with E-state index >= 15 is 0 Å². The van der Waals surface area contributed by atoms with E-state index < -0.39 is 10.8 Å². The normalized spacial score (nSPS) is 19.2. The molecule has 3 rings (SSSR count). The molecule has 0 fully saturated rings.